The predicted molar refractivity (Wildman–Crippen MR) is 93.9 cm³/mol. The van der Waals surface area contributed by atoms with E-state index in [0.717, 1.165) is 25.9 Å². The molecule has 3 rings (SSSR count). The van der Waals surface area contributed by atoms with E-state index in [9.17, 15) is 4.79 Å². The van der Waals surface area contributed by atoms with Crippen molar-refractivity contribution in [2.24, 2.45) is 0 Å². The summed E-state index contributed by atoms with van der Waals surface area (Å²) in [4.78, 5) is 12.3. The van der Waals surface area contributed by atoms with Gasteiger partial charge in [0.15, 0.2) is 0 Å². The number of hydrogen-bond acceptors (Lipinski definition) is 1. The van der Waals surface area contributed by atoms with Crippen molar-refractivity contribution in [2.75, 3.05) is 6.54 Å². The number of nitrogens with zero attached hydrogens (tertiary/aromatic N) is 1. The summed E-state index contributed by atoms with van der Waals surface area (Å²) in [6, 6.07) is 16.7. The van der Waals surface area contributed by atoms with Crippen LogP contribution in [0.1, 0.15) is 36.1 Å². The summed E-state index contributed by atoms with van der Waals surface area (Å²) in [5.74, 6) is 0. The lowest BCUT2D eigenvalue weighted by Gasteiger charge is -2.24. The molecule has 0 fully saturated rings. The van der Waals surface area contributed by atoms with Crippen molar-refractivity contribution in [1.82, 2.24) is 4.90 Å². The Hall–Kier alpha value is -2.09. The number of amides is 1. The molecule has 0 spiro atoms. The van der Waals surface area contributed by atoms with Gasteiger partial charge in [-0.05, 0) is 31.4 Å². The maximum Gasteiger partial charge on any atom is 0.210 e. The summed E-state index contributed by atoms with van der Waals surface area (Å²) in [7, 11) is 0. The molecule has 0 saturated carbocycles. The van der Waals surface area contributed by atoms with Crippen molar-refractivity contribution in [3.8, 4) is 0 Å². The third-order valence-corrected chi connectivity index (χ3v) is 3.48. The van der Waals surface area contributed by atoms with Crippen molar-refractivity contribution >= 4 is 6.41 Å². The standard InChI is InChI=1S/C10H11NO.C8H10.C2H6/c12-8-11-6-5-9-3-1-2-4-10(9)7-11;1-7-4-3-5-8(2)6-7;1-2/h1-4,8H,5-7H2;3-6H,1-2H3;1-2H3. The van der Waals surface area contributed by atoms with Crippen LogP contribution in [0.4, 0.5) is 0 Å². The molecule has 0 aliphatic carbocycles. The highest BCUT2D eigenvalue weighted by Crippen LogP contribution is 2.16. The van der Waals surface area contributed by atoms with Gasteiger partial charge in [-0.15, -0.1) is 0 Å². The Morgan fingerprint density at radius 1 is 0.909 bits per heavy atom. The number of carbonyl (C=O) groups is 1. The van der Waals surface area contributed by atoms with Crippen LogP contribution in [0.2, 0.25) is 0 Å². The first-order valence-corrected chi connectivity index (χ1v) is 7.98. The third-order valence-electron chi connectivity index (χ3n) is 3.48. The van der Waals surface area contributed by atoms with E-state index in [2.05, 4.69) is 56.3 Å². The first-order chi connectivity index (χ1) is 10.7. The van der Waals surface area contributed by atoms with Gasteiger partial charge in [-0.3, -0.25) is 4.79 Å². The van der Waals surface area contributed by atoms with Crippen molar-refractivity contribution < 1.29 is 4.79 Å². The van der Waals surface area contributed by atoms with Crippen LogP contribution in [0.25, 0.3) is 0 Å². The van der Waals surface area contributed by atoms with Crippen LogP contribution in [-0.4, -0.2) is 17.9 Å². The van der Waals surface area contributed by atoms with Gasteiger partial charge in [0.05, 0.1) is 0 Å². The maximum absolute atomic E-state index is 10.5. The molecule has 1 aliphatic rings. The van der Waals surface area contributed by atoms with E-state index in [1.54, 1.807) is 0 Å². The summed E-state index contributed by atoms with van der Waals surface area (Å²) < 4.78 is 0. The lowest BCUT2D eigenvalue weighted by molar-refractivity contribution is -0.118. The minimum atomic E-state index is 0.777. The van der Waals surface area contributed by atoms with Gasteiger partial charge in [-0.25, -0.2) is 0 Å². The Kier molecular flexibility index (Phi) is 7.98. The second kappa shape index (κ2) is 9.78. The summed E-state index contributed by atoms with van der Waals surface area (Å²) >= 11 is 0. The lowest BCUT2D eigenvalue weighted by atomic mass is 10.0. The van der Waals surface area contributed by atoms with Crippen LogP contribution >= 0.6 is 0 Å². The monoisotopic (exact) mass is 297 g/mol. The minimum absolute atomic E-state index is 0.777. The first kappa shape index (κ1) is 18.0. The minimum Gasteiger partial charge on any atom is -0.341 e. The summed E-state index contributed by atoms with van der Waals surface area (Å²) in [6.07, 6.45) is 1.92. The van der Waals surface area contributed by atoms with Gasteiger partial charge in [-0.1, -0.05) is 73.5 Å². The number of aryl methyl sites for hydroxylation is 2. The molecule has 0 unspecified atom stereocenters. The van der Waals surface area contributed by atoms with Gasteiger partial charge >= 0.3 is 0 Å². The highest BCUT2D eigenvalue weighted by Gasteiger charge is 2.12. The topological polar surface area (TPSA) is 20.3 Å². The third kappa shape index (κ3) is 5.72. The quantitative estimate of drug-likeness (QED) is 0.708. The van der Waals surface area contributed by atoms with Crippen LogP contribution in [-0.2, 0) is 17.8 Å². The molecule has 0 atom stereocenters. The van der Waals surface area contributed by atoms with Gasteiger partial charge in [0.25, 0.3) is 0 Å². The van der Waals surface area contributed by atoms with Gasteiger partial charge in [0, 0.05) is 13.1 Å². The second-order valence-electron chi connectivity index (χ2n) is 5.25. The fourth-order valence-corrected chi connectivity index (χ4v) is 2.41. The maximum atomic E-state index is 10.5. The Morgan fingerprint density at radius 2 is 1.50 bits per heavy atom. The van der Waals surface area contributed by atoms with Gasteiger partial charge in [0.2, 0.25) is 6.41 Å². The normalized spacial score (nSPS) is 12.1. The van der Waals surface area contributed by atoms with E-state index < -0.39 is 0 Å². The smallest absolute Gasteiger partial charge is 0.210 e. The number of carbonyl (C=O) groups excluding carboxylic acids is 1. The number of hydrogen-bond donors (Lipinski definition) is 0. The van der Waals surface area contributed by atoms with Crippen LogP contribution in [0, 0.1) is 13.8 Å². The average Bonchev–Trinajstić information content (AvgIpc) is 2.56. The zero-order chi connectivity index (χ0) is 16.4. The predicted octanol–water partition coefficient (Wildman–Crippen LogP) is 4.53. The molecule has 0 aromatic heterocycles. The molecule has 0 bridgehead atoms. The summed E-state index contributed by atoms with van der Waals surface area (Å²) in [5.41, 5.74) is 5.35. The molecule has 22 heavy (non-hydrogen) atoms. The van der Waals surface area contributed by atoms with Crippen molar-refractivity contribution in [3.05, 3.63) is 70.8 Å². The molecule has 2 nitrogen and oxygen atoms in total. The van der Waals surface area contributed by atoms with Gasteiger partial charge in [0.1, 0.15) is 0 Å². The average molecular weight is 297 g/mol. The highest BCUT2D eigenvalue weighted by molar-refractivity contribution is 5.49. The molecule has 2 heteroatoms. The molecule has 0 radical (unpaired) electrons. The Bertz CT molecular complexity index is 560. The molecule has 1 aliphatic heterocycles. The molecule has 2 aromatic rings. The van der Waals surface area contributed by atoms with Crippen LogP contribution in [0.15, 0.2) is 48.5 Å². The molecule has 1 amide bonds. The molecule has 2 aromatic carbocycles. The van der Waals surface area contributed by atoms with E-state index in [1.807, 2.05) is 24.8 Å². The van der Waals surface area contributed by atoms with Gasteiger partial charge in [-0.2, -0.15) is 0 Å². The molecular weight excluding hydrogens is 270 g/mol. The number of fused-ring (bicyclic) bond motifs is 1. The SMILES string of the molecule is CC.Cc1cccc(C)c1.O=CN1CCc2ccccc2C1. The van der Waals surface area contributed by atoms with Crippen LogP contribution in [0.5, 0.6) is 0 Å². The largest absolute Gasteiger partial charge is 0.341 e. The van der Waals surface area contributed by atoms with Crippen molar-refractivity contribution in [2.45, 2.75) is 40.7 Å². The second-order valence-corrected chi connectivity index (χ2v) is 5.25. The van der Waals surface area contributed by atoms with Crippen LogP contribution in [0.3, 0.4) is 0 Å². The van der Waals surface area contributed by atoms with E-state index in [-0.39, 0.29) is 0 Å². The Morgan fingerprint density at radius 3 is 2.00 bits per heavy atom. The van der Waals surface area contributed by atoms with E-state index in [1.165, 1.54) is 22.3 Å². The first-order valence-electron chi connectivity index (χ1n) is 7.98. The Balaban J connectivity index is 0.000000211. The zero-order valence-corrected chi connectivity index (χ0v) is 14.2. The fraction of sp³-hybridized carbons (Fsp3) is 0.350. The molecule has 0 saturated heterocycles. The van der Waals surface area contributed by atoms with Crippen molar-refractivity contribution in [1.29, 1.82) is 0 Å². The molecule has 0 N–H and O–H groups in total. The van der Waals surface area contributed by atoms with Gasteiger partial charge < -0.3 is 4.90 Å². The Labute approximate surface area is 134 Å². The fourth-order valence-electron chi connectivity index (χ4n) is 2.41. The van der Waals surface area contributed by atoms with E-state index >= 15 is 0 Å². The summed E-state index contributed by atoms with van der Waals surface area (Å²) in [5, 5.41) is 0. The number of benzene rings is 2. The summed E-state index contributed by atoms with van der Waals surface area (Å²) in [6.45, 7) is 9.85. The molecule has 1 heterocycles. The lowest BCUT2D eigenvalue weighted by Crippen LogP contribution is -2.28. The van der Waals surface area contributed by atoms with E-state index in [0.29, 0.717) is 0 Å². The highest BCUT2D eigenvalue weighted by atomic mass is 16.1. The molecular formula is C20H27NO. The van der Waals surface area contributed by atoms with Crippen molar-refractivity contribution in [3.63, 3.8) is 0 Å². The van der Waals surface area contributed by atoms with E-state index in [4.69, 9.17) is 0 Å². The number of rotatable bonds is 1. The zero-order valence-electron chi connectivity index (χ0n) is 14.2. The molecule has 118 valence electrons. The van der Waals surface area contributed by atoms with Crippen LogP contribution < -0.4 is 0 Å².